The molecule has 1 aromatic rings. The fourth-order valence-corrected chi connectivity index (χ4v) is 2.51. The molecule has 1 aliphatic rings. The quantitative estimate of drug-likeness (QED) is 0.883. The van der Waals surface area contributed by atoms with Gasteiger partial charge in [0.15, 0.2) is 0 Å². The third-order valence-corrected chi connectivity index (χ3v) is 3.43. The Labute approximate surface area is 101 Å². The van der Waals surface area contributed by atoms with Crippen LogP contribution in [0, 0.1) is 0 Å². The Bertz CT molecular complexity index is 287. The van der Waals surface area contributed by atoms with Gasteiger partial charge in [0, 0.05) is 30.9 Å². The third-order valence-electron chi connectivity index (χ3n) is 2.51. The average molecular weight is 249 g/mol. The summed E-state index contributed by atoms with van der Waals surface area (Å²) < 4.78 is 5.35. The predicted octanol–water partition coefficient (Wildman–Crippen LogP) is 1.83. The van der Waals surface area contributed by atoms with Crippen LogP contribution in [0.4, 0.5) is 0 Å². The fraction of sp³-hybridized carbons (Fsp3) is 0.700. The lowest BCUT2D eigenvalue weighted by Crippen LogP contribution is -2.10. The smallest absolute Gasteiger partial charge is 0.0941 e. The lowest BCUT2D eigenvalue weighted by atomic mass is 10.1. The van der Waals surface area contributed by atoms with Crippen LogP contribution in [0.15, 0.2) is 5.38 Å². The average Bonchev–Trinajstić information content (AvgIpc) is 2.85. The summed E-state index contributed by atoms with van der Waals surface area (Å²) in [6, 6.07) is 0. The first-order valence-corrected chi connectivity index (χ1v) is 5.94. The van der Waals surface area contributed by atoms with E-state index in [0.29, 0.717) is 5.92 Å². The first-order chi connectivity index (χ1) is 6.90. The van der Waals surface area contributed by atoms with E-state index in [1.165, 1.54) is 10.7 Å². The number of thiazole rings is 1. The van der Waals surface area contributed by atoms with E-state index in [1.54, 1.807) is 11.3 Å². The molecule has 5 heteroatoms. The van der Waals surface area contributed by atoms with E-state index in [-0.39, 0.29) is 12.4 Å². The maximum Gasteiger partial charge on any atom is 0.0941 e. The zero-order valence-corrected chi connectivity index (χ0v) is 10.5. The van der Waals surface area contributed by atoms with Crippen LogP contribution in [0.1, 0.15) is 23.0 Å². The molecule has 1 aromatic heterocycles. The SMILES string of the molecule is CNCCc1nc(C2CCOC2)cs1.Cl. The van der Waals surface area contributed by atoms with Gasteiger partial charge in [-0.2, -0.15) is 0 Å². The zero-order valence-electron chi connectivity index (χ0n) is 8.86. The molecule has 15 heavy (non-hydrogen) atoms. The van der Waals surface area contributed by atoms with Crippen molar-refractivity contribution in [3.63, 3.8) is 0 Å². The van der Waals surface area contributed by atoms with Crippen molar-refractivity contribution in [1.82, 2.24) is 10.3 Å². The molecule has 1 fully saturated rings. The van der Waals surface area contributed by atoms with Crippen LogP contribution in [0.5, 0.6) is 0 Å². The van der Waals surface area contributed by atoms with Crippen molar-refractivity contribution in [2.75, 3.05) is 26.8 Å². The molecule has 1 N–H and O–H groups in total. The summed E-state index contributed by atoms with van der Waals surface area (Å²) in [6.07, 6.45) is 2.17. The summed E-state index contributed by atoms with van der Waals surface area (Å²) in [7, 11) is 1.97. The molecule has 0 aromatic carbocycles. The van der Waals surface area contributed by atoms with Crippen molar-refractivity contribution >= 4 is 23.7 Å². The van der Waals surface area contributed by atoms with E-state index in [0.717, 1.165) is 32.6 Å². The molecule has 2 rings (SSSR count). The Morgan fingerprint density at radius 3 is 3.20 bits per heavy atom. The van der Waals surface area contributed by atoms with Crippen LogP contribution < -0.4 is 5.32 Å². The van der Waals surface area contributed by atoms with E-state index < -0.39 is 0 Å². The molecule has 0 saturated carbocycles. The van der Waals surface area contributed by atoms with Gasteiger partial charge in [0.25, 0.3) is 0 Å². The van der Waals surface area contributed by atoms with E-state index >= 15 is 0 Å². The van der Waals surface area contributed by atoms with Gasteiger partial charge in [0.05, 0.1) is 17.3 Å². The molecule has 1 saturated heterocycles. The summed E-state index contributed by atoms with van der Waals surface area (Å²) in [6.45, 7) is 2.76. The molecule has 0 amide bonds. The molecule has 0 spiro atoms. The summed E-state index contributed by atoms with van der Waals surface area (Å²) in [5, 5.41) is 6.56. The number of likely N-dealkylation sites (N-methyl/N-ethyl adjacent to an activating group) is 1. The summed E-state index contributed by atoms with van der Waals surface area (Å²) >= 11 is 1.77. The minimum absolute atomic E-state index is 0. The van der Waals surface area contributed by atoms with Gasteiger partial charge < -0.3 is 10.1 Å². The Morgan fingerprint density at radius 1 is 1.67 bits per heavy atom. The highest BCUT2D eigenvalue weighted by Gasteiger charge is 2.20. The van der Waals surface area contributed by atoms with Gasteiger partial charge in [-0.1, -0.05) is 0 Å². The van der Waals surface area contributed by atoms with Crippen LogP contribution in [0.2, 0.25) is 0 Å². The van der Waals surface area contributed by atoms with Gasteiger partial charge in [0.2, 0.25) is 0 Å². The van der Waals surface area contributed by atoms with Crippen LogP contribution >= 0.6 is 23.7 Å². The second-order valence-corrected chi connectivity index (χ2v) is 4.52. The summed E-state index contributed by atoms with van der Waals surface area (Å²) in [5.74, 6) is 0.551. The molecule has 86 valence electrons. The monoisotopic (exact) mass is 248 g/mol. The molecular weight excluding hydrogens is 232 g/mol. The summed E-state index contributed by atoms with van der Waals surface area (Å²) in [4.78, 5) is 4.63. The third kappa shape index (κ3) is 3.41. The van der Waals surface area contributed by atoms with Gasteiger partial charge in [-0.05, 0) is 13.5 Å². The largest absolute Gasteiger partial charge is 0.381 e. The molecule has 1 atom stereocenters. The van der Waals surface area contributed by atoms with E-state index in [2.05, 4.69) is 15.7 Å². The van der Waals surface area contributed by atoms with Crippen molar-refractivity contribution in [2.24, 2.45) is 0 Å². The Morgan fingerprint density at radius 2 is 2.53 bits per heavy atom. The maximum atomic E-state index is 5.35. The number of rotatable bonds is 4. The molecular formula is C10H17ClN2OS. The first kappa shape index (κ1) is 12.9. The Hall–Kier alpha value is -0.160. The van der Waals surface area contributed by atoms with E-state index in [1.807, 2.05) is 7.05 Å². The summed E-state index contributed by atoms with van der Waals surface area (Å²) in [5.41, 5.74) is 1.23. The van der Waals surface area contributed by atoms with Crippen LogP contribution in [0.25, 0.3) is 0 Å². The highest BCUT2D eigenvalue weighted by atomic mass is 35.5. The normalized spacial score (nSPS) is 20.2. The van der Waals surface area contributed by atoms with Crippen molar-refractivity contribution in [1.29, 1.82) is 0 Å². The standard InChI is InChI=1S/C10H16N2OS.ClH/c1-11-4-2-10-12-9(7-14-10)8-3-5-13-6-8;/h7-8,11H,2-6H2,1H3;1H. The second kappa shape index (κ2) is 6.43. The molecule has 0 aliphatic carbocycles. The maximum absolute atomic E-state index is 5.35. The fourth-order valence-electron chi connectivity index (χ4n) is 1.63. The first-order valence-electron chi connectivity index (χ1n) is 5.07. The zero-order chi connectivity index (χ0) is 9.80. The van der Waals surface area contributed by atoms with Crippen molar-refractivity contribution < 1.29 is 4.74 Å². The number of hydrogen-bond donors (Lipinski definition) is 1. The number of nitrogens with zero attached hydrogens (tertiary/aromatic N) is 1. The lowest BCUT2D eigenvalue weighted by molar-refractivity contribution is 0.193. The molecule has 3 nitrogen and oxygen atoms in total. The topological polar surface area (TPSA) is 34.2 Å². The van der Waals surface area contributed by atoms with Crippen molar-refractivity contribution in [2.45, 2.75) is 18.8 Å². The van der Waals surface area contributed by atoms with E-state index in [9.17, 15) is 0 Å². The molecule has 1 unspecified atom stereocenters. The highest BCUT2D eigenvalue weighted by molar-refractivity contribution is 7.09. The van der Waals surface area contributed by atoms with Crippen molar-refractivity contribution in [3.8, 4) is 0 Å². The van der Waals surface area contributed by atoms with Crippen LogP contribution in [-0.4, -0.2) is 31.8 Å². The molecule has 0 radical (unpaired) electrons. The Kier molecular flexibility index (Phi) is 5.53. The van der Waals surface area contributed by atoms with Gasteiger partial charge >= 0.3 is 0 Å². The molecule has 0 bridgehead atoms. The number of hydrogen-bond acceptors (Lipinski definition) is 4. The minimum Gasteiger partial charge on any atom is -0.381 e. The molecule has 2 heterocycles. The van der Waals surface area contributed by atoms with Crippen molar-refractivity contribution in [3.05, 3.63) is 16.1 Å². The van der Waals surface area contributed by atoms with Gasteiger partial charge in [-0.15, -0.1) is 23.7 Å². The van der Waals surface area contributed by atoms with Gasteiger partial charge in [-0.3, -0.25) is 0 Å². The lowest BCUT2D eigenvalue weighted by Gasteiger charge is -2.01. The van der Waals surface area contributed by atoms with E-state index in [4.69, 9.17) is 4.74 Å². The van der Waals surface area contributed by atoms with Gasteiger partial charge in [-0.25, -0.2) is 4.98 Å². The predicted molar refractivity (Wildman–Crippen MR) is 65.2 cm³/mol. The number of nitrogens with one attached hydrogen (secondary N) is 1. The number of ether oxygens (including phenoxy) is 1. The van der Waals surface area contributed by atoms with Gasteiger partial charge in [0.1, 0.15) is 0 Å². The second-order valence-electron chi connectivity index (χ2n) is 3.58. The van der Waals surface area contributed by atoms with Crippen LogP contribution in [0.3, 0.4) is 0 Å². The van der Waals surface area contributed by atoms with Crippen LogP contribution in [-0.2, 0) is 11.2 Å². The minimum atomic E-state index is 0. The number of halogens is 1. The Balaban J connectivity index is 0.00000112. The molecule has 1 aliphatic heterocycles. The number of aromatic nitrogens is 1. The highest BCUT2D eigenvalue weighted by Crippen LogP contribution is 2.26.